The third kappa shape index (κ3) is 2.46. The summed E-state index contributed by atoms with van der Waals surface area (Å²) in [5, 5.41) is 7.59. The average Bonchev–Trinajstić information content (AvgIpc) is 2.87. The fraction of sp³-hybridized carbons (Fsp3) is 0.769. The SMILES string of the molecule is Cc1noc(C)c1CNC(C)C1CCCC1. The van der Waals surface area contributed by atoms with Crippen LogP contribution in [0.3, 0.4) is 0 Å². The maximum atomic E-state index is 5.16. The molecule has 1 aromatic rings. The Morgan fingerprint density at radius 3 is 2.62 bits per heavy atom. The van der Waals surface area contributed by atoms with Gasteiger partial charge < -0.3 is 9.84 Å². The Morgan fingerprint density at radius 2 is 2.06 bits per heavy atom. The molecular weight excluding hydrogens is 200 g/mol. The second kappa shape index (κ2) is 5.00. The molecule has 1 unspecified atom stereocenters. The molecular formula is C13H22N2O. The number of rotatable bonds is 4. The van der Waals surface area contributed by atoms with Gasteiger partial charge >= 0.3 is 0 Å². The molecule has 1 atom stereocenters. The first kappa shape index (κ1) is 11.6. The zero-order valence-electron chi connectivity index (χ0n) is 10.5. The van der Waals surface area contributed by atoms with Gasteiger partial charge in [-0.05, 0) is 39.5 Å². The average molecular weight is 222 g/mol. The van der Waals surface area contributed by atoms with Crippen LogP contribution in [0.1, 0.15) is 49.6 Å². The third-order valence-corrected chi connectivity index (χ3v) is 3.89. The van der Waals surface area contributed by atoms with Crippen LogP contribution in [0, 0.1) is 19.8 Å². The van der Waals surface area contributed by atoms with Crippen LogP contribution in [-0.2, 0) is 6.54 Å². The number of aryl methyl sites for hydroxylation is 2. The summed E-state index contributed by atoms with van der Waals surface area (Å²) in [6.07, 6.45) is 5.58. The second-order valence-electron chi connectivity index (χ2n) is 5.02. The standard InChI is InChI=1S/C13H22N2O/c1-9(12-6-4-5-7-12)14-8-13-10(2)15-16-11(13)3/h9,12,14H,4-8H2,1-3H3. The van der Waals surface area contributed by atoms with E-state index in [1.165, 1.54) is 31.2 Å². The highest BCUT2D eigenvalue weighted by Crippen LogP contribution is 2.27. The zero-order chi connectivity index (χ0) is 11.5. The maximum absolute atomic E-state index is 5.16. The Balaban J connectivity index is 1.87. The lowest BCUT2D eigenvalue weighted by Gasteiger charge is -2.20. The quantitative estimate of drug-likeness (QED) is 0.851. The van der Waals surface area contributed by atoms with Crippen LogP contribution in [0.2, 0.25) is 0 Å². The smallest absolute Gasteiger partial charge is 0.138 e. The highest BCUT2D eigenvalue weighted by molar-refractivity contribution is 5.20. The predicted octanol–water partition coefficient (Wildman–Crippen LogP) is 2.96. The molecule has 0 radical (unpaired) electrons. The minimum Gasteiger partial charge on any atom is -0.361 e. The van der Waals surface area contributed by atoms with E-state index in [1.807, 2.05) is 13.8 Å². The lowest BCUT2D eigenvalue weighted by atomic mass is 9.99. The van der Waals surface area contributed by atoms with Gasteiger partial charge in [0.2, 0.25) is 0 Å². The Hall–Kier alpha value is -0.830. The van der Waals surface area contributed by atoms with Gasteiger partial charge in [0.15, 0.2) is 0 Å². The summed E-state index contributed by atoms with van der Waals surface area (Å²) in [7, 11) is 0. The predicted molar refractivity (Wildman–Crippen MR) is 64.2 cm³/mol. The molecule has 1 aliphatic rings. The molecule has 3 heteroatoms. The first-order valence-electron chi connectivity index (χ1n) is 6.33. The molecule has 1 heterocycles. The van der Waals surface area contributed by atoms with E-state index in [1.54, 1.807) is 0 Å². The molecule has 1 N–H and O–H groups in total. The summed E-state index contributed by atoms with van der Waals surface area (Å²) in [4.78, 5) is 0. The molecule has 1 fully saturated rings. The lowest BCUT2D eigenvalue weighted by molar-refractivity contribution is 0.375. The highest BCUT2D eigenvalue weighted by Gasteiger charge is 2.21. The van der Waals surface area contributed by atoms with Crippen LogP contribution >= 0.6 is 0 Å². The van der Waals surface area contributed by atoms with Crippen LogP contribution in [-0.4, -0.2) is 11.2 Å². The van der Waals surface area contributed by atoms with Crippen molar-refractivity contribution in [3.63, 3.8) is 0 Å². The van der Waals surface area contributed by atoms with E-state index in [-0.39, 0.29) is 0 Å². The lowest BCUT2D eigenvalue weighted by Crippen LogP contribution is -2.32. The molecule has 3 nitrogen and oxygen atoms in total. The number of hydrogen-bond acceptors (Lipinski definition) is 3. The Bertz CT molecular complexity index is 320. The van der Waals surface area contributed by atoms with Gasteiger partial charge in [-0.2, -0.15) is 0 Å². The van der Waals surface area contributed by atoms with Gasteiger partial charge in [-0.1, -0.05) is 18.0 Å². The van der Waals surface area contributed by atoms with Gasteiger partial charge in [-0.15, -0.1) is 0 Å². The van der Waals surface area contributed by atoms with Crippen molar-refractivity contribution in [2.45, 2.75) is 59.0 Å². The van der Waals surface area contributed by atoms with E-state index >= 15 is 0 Å². The van der Waals surface area contributed by atoms with Crippen molar-refractivity contribution in [1.82, 2.24) is 10.5 Å². The van der Waals surface area contributed by atoms with Crippen molar-refractivity contribution < 1.29 is 4.52 Å². The Morgan fingerprint density at radius 1 is 1.38 bits per heavy atom. The van der Waals surface area contributed by atoms with E-state index in [0.717, 1.165) is 23.9 Å². The summed E-state index contributed by atoms with van der Waals surface area (Å²) < 4.78 is 5.16. The number of nitrogens with zero attached hydrogens (tertiary/aromatic N) is 1. The fourth-order valence-corrected chi connectivity index (χ4v) is 2.64. The van der Waals surface area contributed by atoms with Crippen LogP contribution in [0.5, 0.6) is 0 Å². The Kier molecular flexibility index (Phi) is 3.64. The monoisotopic (exact) mass is 222 g/mol. The molecule has 90 valence electrons. The minimum absolute atomic E-state index is 0.608. The molecule has 0 spiro atoms. The van der Waals surface area contributed by atoms with Crippen LogP contribution in [0.4, 0.5) is 0 Å². The van der Waals surface area contributed by atoms with Crippen molar-refractivity contribution in [3.05, 3.63) is 17.0 Å². The molecule has 1 saturated carbocycles. The number of nitrogens with one attached hydrogen (secondary N) is 1. The van der Waals surface area contributed by atoms with Gasteiger partial charge in [-0.25, -0.2) is 0 Å². The van der Waals surface area contributed by atoms with E-state index in [2.05, 4.69) is 17.4 Å². The summed E-state index contributed by atoms with van der Waals surface area (Å²) in [5.41, 5.74) is 2.24. The first-order chi connectivity index (χ1) is 7.68. The minimum atomic E-state index is 0.608. The van der Waals surface area contributed by atoms with Gasteiger partial charge in [-0.3, -0.25) is 0 Å². The van der Waals surface area contributed by atoms with E-state index < -0.39 is 0 Å². The number of aromatic nitrogens is 1. The second-order valence-corrected chi connectivity index (χ2v) is 5.02. The fourth-order valence-electron chi connectivity index (χ4n) is 2.64. The van der Waals surface area contributed by atoms with E-state index in [9.17, 15) is 0 Å². The van der Waals surface area contributed by atoms with Gasteiger partial charge in [0.05, 0.1) is 5.69 Å². The molecule has 1 aromatic heterocycles. The maximum Gasteiger partial charge on any atom is 0.138 e. The largest absolute Gasteiger partial charge is 0.361 e. The van der Waals surface area contributed by atoms with Crippen molar-refractivity contribution >= 4 is 0 Å². The van der Waals surface area contributed by atoms with Crippen molar-refractivity contribution in [3.8, 4) is 0 Å². The molecule has 1 aliphatic carbocycles. The molecule has 0 aliphatic heterocycles. The molecule has 0 saturated heterocycles. The third-order valence-electron chi connectivity index (χ3n) is 3.89. The first-order valence-corrected chi connectivity index (χ1v) is 6.33. The van der Waals surface area contributed by atoms with E-state index in [4.69, 9.17) is 4.52 Å². The van der Waals surface area contributed by atoms with Gasteiger partial charge in [0.25, 0.3) is 0 Å². The van der Waals surface area contributed by atoms with E-state index in [0.29, 0.717) is 6.04 Å². The Labute approximate surface area is 97.6 Å². The molecule has 0 aromatic carbocycles. The molecule has 2 rings (SSSR count). The molecule has 0 bridgehead atoms. The summed E-state index contributed by atoms with van der Waals surface area (Å²) in [6, 6.07) is 0.608. The van der Waals surface area contributed by atoms with Crippen molar-refractivity contribution in [2.75, 3.05) is 0 Å². The summed E-state index contributed by atoms with van der Waals surface area (Å²) >= 11 is 0. The molecule has 0 amide bonds. The van der Waals surface area contributed by atoms with Crippen molar-refractivity contribution in [1.29, 1.82) is 0 Å². The summed E-state index contributed by atoms with van der Waals surface area (Å²) in [6.45, 7) is 7.18. The molecule has 16 heavy (non-hydrogen) atoms. The highest BCUT2D eigenvalue weighted by atomic mass is 16.5. The number of hydrogen-bond donors (Lipinski definition) is 1. The van der Waals surface area contributed by atoms with Crippen molar-refractivity contribution in [2.24, 2.45) is 5.92 Å². The topological polar surface area (TPSA) is 38.1 Å². The van der Waals surface area contributed by atoms with Gasteiger partial charge in [0, 0.05) is 18.2 Å². The van der Waals surface area contributed by atoms with Gasteiger partial charge in [0.1, 0.15) is 5.76 Å². The zero-order valence-corrected chi connectivity index (χ0v) is 10.5. The van der Waals surface area contributed by atoms with Crippen LogP contribution < -0.4 is 5.32 Å². The van der Waals surface area contributed by atoms with Crippen LogP contribution in [0.25, 0.3) is 0 Å². The summed E-state index contributed by atoms with van der Waals surface area (Å²) in [5.74, 6) is 1.81. The normalized spacial score (nSPS) is 19.2. The van der Waals surface area contributed by atoms with Crippen LogP contribution in [0.15, 0.2) is 4.52 Å².